The highest BCUT2D eigenvalue weighted by Crippen LogP contribution is 2.31. The molecule has 1 N–H and O–H groups in total. The molecule has 0 aliphatic carbocycles. The maximum absolute atomic E-state index is 13.4. The predicted molar refractivity (Wildman–Crippen MR) is 131 cm³/mol. The summed E-state index contributed by atoms with van der Waals surface area (Å²) in [6, 6.07) is 17.2. The summed E-state index contributed by atoms with van der Waals surface area (Å²) in [7, 11) is 0. The van der Waals surface area contributed by atoms with Gasteiger partial charge >= 0.3 is 0 Å². The highest BCUT2D eigenvalue weighted by Gasteiger charge is 2.33. The van der Waals surface area contributed by atoms with Gasteiger partial charge in [-0.3, -0.25) is 14.3 Å². The van der Waals surface area contributed by atoms with Crippen LogP contribution >= 0.6 is 11.6 Å². The van der Waals surface area contributed by atoms with Crippen LogP contribution in [0.15, 0.2) is 54.6 Å². The van der Waals surface area contributed by atoms with Gasteiger partial charge in [-0.1, -0.05) is 62.1 Å². The van der Waals surface area contributed by atoms with E-state index in [2.05, 4.69) is 12.2 Å². The molecule has 1 atom stereocenters. The molecule has 2 amide bonds. The molecule has 4 rings (SSSR count). The molecular formula is C26H29ClN4O2. The fraction of sp³-hybridized carbons (Fsp3) is 0.346. The number of benzene rings is 2. The molecule has 0 saturated heterocycles. The first kappa shape index (κ1) is 23.1. The number of unbranched alkanes of at least 4 members (excludes halogenated alkanes) is 2. The van der Waals surface area contributed by atoms with Crippen molar-refractivity contribution < 1.29 is 9.59 Å². The maximum atomic E-state index is 13.4. The van der Waals surface area contributed by atoms with Gasteiger partial charge in [-0.25, -0.2) is 0 Å². The number of nitrogens with one attached hydrogen (secondary N) is 1. The summed E-state index contributed by atoms with van der Waals surface area (Å²) in [5.41, 5.74) is 4.05. The van der Waals surface area contributed by atoms with Crippen molar-refractivity contribution in [3.05, 3.63) is 70.9 Å². The van der Waals surface area contributed by atoms with Gasteiger partial charge in [0.1, 0.15) is 5.69 Å². The molecule has 0 fully saturated rings. The monoisotopic (exact) mass is 464 g/mol. The van der Waals surface area contributed by atoms with E-state index in [1.165, 1.54) is 6.92 Å². The Morgan fingerprint density at radius 2 is 1.94 bits per heavy atom. The maximum Gasteiger partial charge on any atom is 0.272 e. The summed E-state index contributed by atoms with van der Waals surface area (Å²) in [5.74, 6) is -0.143. The Kier molecular flexibility index (Phi) is 7.14. The normalized spacial score (nSPS) is 15.4. The van der Waals surface area contributed by atoms with E-state index >= 15 is 0 Å². The van der Waals surface area contributed by atoms with E-state index in [-0.39, 0.29) is 17.9 Å². The predicted octanol–water partition coefficient (Wildman–Crippen LogP) is 5.94. The number of fused-ring (bicyclic) bond motifs is 1. The number of hydrogen-bond donors (Lipinski definition) is 1. The molecule has 0 bridgehead atoms. The molecule has 0 spiro atoms. The van der Waals surface area contributed by atoms with Gasteiger partial charge in [0.15, 0.2) is 0 Å². The van der Waals surface area contributed by atoms with Crippen molar-refractivity contribution in [1.29, 1.82) is 0 Å². The zero-order valence-electron chi connectivity index (χ0n) is 19.1. The first-order valence-electron chi connectivity index (χ1n) is 11.5. The van der Waals surface area contributed by atoms with Gasteiger partial charge < -0.3 is 10.2 Å². The van der Waals surface area contributed by atoms with E-state index in [0.29, 0.717) is 23.8 Å². The third-order valence-corrected chi connectivity index (χ3v) is 6.17. The van der Waals surface area contributed by atoms with Crippen LogP contribution in [0, 0.1) is 0 Å². The number of amides is 2. The first-order chi connectivity index (χ1) is 15.9. The van der Waals surface area contributed by atoms with Crippen molar-refractivity contribution in [2.24, 2.45) is 0 Å². The molecule has 7 heteroatoms. The Balaban J connectivity index is 1.62. The van der Waals surface area contributed by atoms with Crippen molar-refractivity contribution in [3.8, 4) is 11.3 Å². The summed E-state index contributed by atoms with van der Waals surface area (Å²) in [5, 5.41) is 8.31. The Bertz CT molecular complexity index is 1140. The van der Waals surface area contributed by atoms with Crippen LogP contribution in [0.5, 0.6) is 0 Å². The fourth-order valence-corrected chi connectivity index (χ4v) is 4.45. The van der Waals surface area contributed by atoms with E-state index in [1.807, 2.05) is 64.2 Å². The topological polar surface area (TPSA) is 67.2 Å². The number of nitrogens with zero attached hydrogens (tertiary/aromatic N) is 3. The van der Waals surface area contributed by atoms with E-state index in [1.54, 1.807) is 0 Å². The summed E-state index contributed by atoms with van der Waals surface area (Å²) in [6.07, 6.45) is 4.37. The van der Waals surface area contributed by atoms with Crippen molar-refractivity contribution in [1.82, 2.24) is 14.7 Å². The lowest BCUT2D eigenvalue weighted by Crippen LogP contribution is -2.42. The molecule has 1 aliphatic heterocycles. The molecule has 1 aromatic heterocycles. The van der Waals surface area contributed by atoms with Crippen LogP contribution in [0.4, 0.5) is 5.69 Å². The van der Waals surface area contributed by atoms with Gasteiger partial charge in [-0.2, -0.15) is 5.10 Å². The van der Waals surface area contributed by atoms with Crippen molar-refractivity contribution in [2.45, 2.75) is 52.1 Å². The van der Waals surface area contributed by atoms with Gasteiger partial charge in [0.05, 0.1) is 11.7 Å². The highest BCUT2D eigenvalue weighted by molar-refractivity contribution is 6.30. The smallest absolute Gasteiger partial charge is 0.272 e. The standard InChI is InChI=1S/C26H29ClN4O2/c1-3-4-5-9-23-17-30(16-19-7-6-8-22(14-19)28-18(2)32)26(33)25-15-24(29-31(23)25)20-10-12-21(27)13-11-20/h6-8,10-15,23H,3-5,9,16-17H2,1-2H3,(H,28,32). The van der Waals surface area contributed by atoms with Crippen LogP contribution in [0.3, 0.4) is 0 Å². The summed E-state index contributed by atoms with van der Waals surface area (Å²) >= 11 is 6.04. The highest BCUT2D eigenvalue weighted by atomic mass is 35.5. The van der Waals surface area contributed by atoms with Gasteiger partial charge in [0, 0.05) is 36.3 Å². The van der Waals surface area contributed by atoms with E-state index < -0.39 is 0 Å². The van der Waals surface area contributed by atoms with Gasteiger partial charge in [-0.15, -0.1) is 0 Å². The average Bonchev–Trinajstić information content (AvgIpc) is 3.23. The van der Waals surface area contributed by atoms with Crippen LogP contribution in [0.1, 0.15) is 61.6 Å². The molecule has 6 nitrogen and oxygen atoms in total. The molecule has 2 aromatic carbocycles. The summed E-state index contributed by atoms with van der Waals surface area (Å²) in [4.78, 5) is 26.7. The van der Waals surface area contributed by atoms with E-state index in [9.17, 15) is 9.59 Å². The molecule has 172 valence electrons. The minimum atomic E-state index is -0.115. The van der Waals surface area contributed by atoms with Crippen LogP contribution in [-0.2, 0) is 11.3 Å². The molecule has 1 aliphatic rings. The van der Waals surface area contributed by atoms with E-state index in [4.69, 9.17) is 16.7 Å². The Morgan fingerprint density at radius 1 is 1.15 bits per heavy atom. The molecule has 0 radical (unpaired) electrons. The van der Waals surface area contributed by atoms with Crippen LogP contribution in [0.25, 0.3) is 11.3 Å². The fourth-order valence-electron chi connectivity index (χ4n) is 4.32. The van der Waals surface area contributed by atoms with Crippen molar-refractivity contribution in [3.63, 3.8) is 0 Å². The number of halogens is 1. The molecule has 0 saturated carbocycles. The van der Waals surface area contributed by atoms with Crippen molar-refractivity contribution >= 4 is 29.1 Å². The van der Waals surface area contributed by atoms with Gasteiger partial charge in [-0.05, 0) is 42.3 Å². The minimum absolute atomic E-state index is 0.0283. The van der Waals surface area contributed by atoms with Crippen LogP contribution in [-0.4, -0.2) is 33.0 Å². The molecule has 3 aromatic rings. The third kappa shape index (κ3) is 5.45. The van der Waals surface area contributed by atoms with Crippen molar-refractivity contribution in [2.75, 3.05) is 11.9 Å². The molecule has 33 heavy (non-hydrogen) atoms. The summed E-state index contributed by atoms with van der Waals surface area (Å²) < 4.78 is 1.92. The number of anilines is 1. The number of rotatable bonds is 8. The summed E-state index contributed by atoms with van der Waals surface area (Å²) in [6.45, 7) is 4.78. The lowest BCUT2D eigenvalue weighted by atomic mass is 10.0. The van der Waals surface area contributed by atoms with Crippen LogP contribution < -0.4 is 5.32 Å². The Hall–Kier alpha value is -3.12. The SMILES string of the molecule is CCCCCC1CN(Cc2cccc(NC(C)=O)c2)C(=O)c2cc(-c3ccc(Cl)cc3)nn21. The second-order valence-electron chi connectivity index (χ2n) is 8.58. The van der Waals surface area contributed by atoms with Crippen LogP contribution in [0.2, 0.25) is 5.02 Å². The zero-order chi connectivity index (χ0) is 23.4. The quantitative estimate of drug-likeness (QED) is 0.419. The first-order valence-corrected chi connectivity index (χ1v) is 11.8. The third-order valence-electron chi connectivity index (χ3n) is 5.92. The lowest BCUT2D eigenvalue weighted by molar-refractivity contribution is -0.114. The zero-order valence-corrected chi connectivity index (χ0v) is 19.8. The second-order valence-corrected chi connectivity index (χ2v) is 9.02. The lowest BCUT2D eigenvalue weighted by Gasteiger charge is -2.33. The average molecular weight is 465 g/mol. The molecule has 2 heterocycles. The Morgan fingerprint density at radius 3 is 2.67 bits per heavy atom. The molecular weight excluding hydrogens is 436 g/mol. The molecule has 1 unspecified atom stereocenters. The number of hydrogen-bond acceptors (Lipinski definition) is 3. The van der Waals surface area contributed by atoms with E-state index in [0.717, 1.165) is 48.2 Å². The number of carbonyl (C=O) groups excluding carboxylic acids is 2. The second kappa shape index (κ2) is 10.2. The minimum Gasteiger partial charge on any atom is -0.331 e. The van der Waals surface area contributed by atoms with Gasteiger partial charge in [0.25, 0.3) is 5.91 Å². The number of carbonyl (C=O) groups is 2. The number of aromatic nitrogens is 2. The Labute approximate surface area is 199 Å². The van der Waals surface area contributed by atoms with Gasteiger partial charge in [0.2, 0.25) is 5.91 Å². The largest absolute Gasteiger partial charge is 0.331 e.